The molecular formula is C19H26N2O3. The van der Waals surface area contributed by atoms with Gasteiger partial charge in [0.1, 0.15) is 17.1 Å². The summed E-state index contributed by atoms with van der Waals surface area (Å²) in [6.45, 7) is 11.1. The number of nitrogens with two attached hydrogens (primary N) is 1. The Bertz CT molecular complexity index is 655. The van der Waals surface area contributed by atoms with Crippen LogP contribution in [0.4, 0.5) is 16.2 Å². The number of hydrogen-bond donors (Lipinski definition) is 1. The van der Waals surface area contributed by atoms with Crippen LogP contribution in [0.2, 0.25) is 0 Å². The first-order valence-corrected chi connectivity index (χ1v) is 7.67. The minimum Gasteiger partial charge on any atom is -0.457 e. The molecule has 1 aromatic rings. The van der Waals surface area contributed by atoms with Gasteiger partial charge in [0.25, 0.3) is 0 Å². The molecule has 24 heavy (non-hydrogen) atoms. The first-order valence-electron chi connectivity index (χ1n) is 7.67. The summed E-state index contributed by atoms with van der Waals surface area (Å²) < 4.78 is 11.1. The zero-order valence-electron chi connectivity index (χ0n) is 15.0. The third-order valence-electron chi connectivity index (χ3n) is 2.92. The second kappa shape index (κ2) is 8.24. The van der Waals surface area contributed by atoms with Crippen molar-refractivity contribution in [3.8, 4) is 5.75 Å². The van der Waals surface area contributed by atoms with Crippen molar-refractivity contribution in [1.29, 1.82) is 0 Å². The fraction of sp³-hybridized carbons (Fsp3) is 0.316. The molecule has 0 atom stereocenters. The molecule has 0 aromatic heterocycles. The van der Waals surface area contributed by atoms with E-state index in [1.165, 1.54) is 4.90 Å². The van der Waals surface area contributed by atoms with Crippen molar-refractivity contribution in [1.82, 2.24) is 0 Å². The van der Waals surface area contributed by atoms with Crippen LogP contribution < -0.4 is 15.4 Å². The number of benzene rings is 1. The van der Waals surface area contributed by atoms with Gasteiger partial charge in [-0.25, -0.2) is 4.79 Å². The highest BCUT2D eigenvalue weighted by atomic mass is 16.6. The third kappa shape index (κ3) is 5.83. The molecule has 0 radical (unpaired) electrons. The minimum absolute atomic E-state index is 0.452. The summed E-state index contributed by atoms with van der Waals surface area (Å²) in [7, 11) is 1.60. The first-order chi connectivity index (χ1) is 11.2. The Hall–Kier alpha value is -2.69. The van der Waals surface area contributed by atoms with Gasteiger partial charge in [-0.1, -0.05) is 18.7 Å². The van der Waals surface area contributed by atoms with Crippen molar-refractivity contribution in [2.24, 2.45) is 0 Å². The maximum atomic E-state index is 12.2. The van der Waals surface area contributed by atoms with Gasteiger partial charge in [-0.05, 0) is 52.0 Å². The quantitative estimate of drug-likeness (QED) is 0.484. The van der Waals surface area contributed by atoms with E-state index in [-0.39, 0.29) is 0 Å². The van der Waals surface area contributed by atoms with Crippen molar-refractivity contribution in [2.75, 3.05) is 17.7 Å². The monoisotopic (exact) mass is 330 g/mol. The van der Waals surface area contributed by atoms with Crippen molar-refractivity contribution in [2.45, 2.75) is 33.3 Å². The molecule has 5 heteroatoms. The highest BCUT2D eigenvalue weighted by Gasteiger charge is 2.22. The van der Waals surface area contributed by atoms with E-state index < -0.39 is 11.7 Å². The number of carbonyl (C=O) groups excluding carboxylic acids is 1. The van der Waals surface area contributed by atoms with Crippen LogP contribution in [0.5, 0.6) is 5.75 Å². The van der Waals surface area contributed by atoms with Gasteiger partial charge in [-0.3, -0.25) is 4.90 Å². The minimum atomic E-state index is -0.584. The van der Waals surface area contributed by atoms with Gasteiger partial charge in [0.05, 0.1) is 11.4 Å². The Morgan fingerprint density at radius 2 is 2.00 bits per heavy atom. The average Bonchev–Trinajstić information content (AvgIpc) is 2.50. The fourth-order valence-electron chi connectivity index (χ4n) is 1.78. The Kier molecular flexibility index (Phi) is 6.65. The highest BCUT2D eigenvalue weighted by molar-refractivity contribution is 5.91. The maximum Gasteiger partial charge on any atom is 0.414 e. The van der Waals surface area contributed by atoms with E-state index in [1.54, 1.807) is 37.4 Å². The molecule has 0 fully saturated rings. The predicted molar refractivity (Wildman–Crippen MR) is 99.2 cm³/mol. The van der Waals surface area contributed by atoms with Gasteiger partial charge in [0.15, 0.2) is 0 Å². The highest BCUT2D eigenvalue weighted by Crippen LogP contribution is 2.29. The van der Waals surface area contributed by atoms with Crippen LogP contribution in [-0.2, 0) is 4.74 Å². The molecule has 1 aromatic carbocycles. The number of rotatable bonds is 5. The fourth-order valence-corrected chi connectivity index (χ4v) is 1.78. The standard InChI is InChI=1S/C19H26N2O3/c1-7-9-10-14(8-2)23-15-11-12-16(20)17(13-15)21(6)18(22)24-19(3,4)5/h7-13H,2,20H2,1,3-6H3/b9-7-,14-10+. The molecule has 1 rings (SSSR count). The second-order valence-electron chi connectivity index (χ2n) is 6.16. The smallest absolute Gasteiger partial charge is 0.414 e. The van der Waals surface area contributed by atoms with Crippen LogP contribution >= 0.6 is 0 Å². The molecule has 0 unspecified atom stereocenters. The summed E-state index contributed by atoms with van der Waals surface area (Å²) in [6.07, 6.45) is 6.65. The summed E-state index contributed by atoms with van der Waals surface area (Å²) in [5, 5.41) is 0. The molecular weight excluding hydrogens is 304 g/mol. The van der Waals surface area contributed by atoms with Crippen LogP contribution in [-0.4, -0.2) is 18.7 Å². The lowest BCUT2D eigenvalue weighted by Crippen LogP contribution is -2.34. The normalized spacial score (nSPS) is 12.1. The summed E-state index contributed by atoms with van der Waals surface area (Å²) >= 11 is 0. The van der Waals surface area contributed by atoms with Gasteiger partial charge in [-0.15, -0.1) is 0 Å². The lowest BCUT2D eigenvalue weighted by Gasteiger charge is -2.25. The number of hydrogen-bond acceptors (Lipinski definition) is 4. The molecule has 0 saturated carbocycles. The largest absolute Gasteiger partial charge is 0.457 e. The zero-order chi connectivity index (χ0) is 18.3. The molecule has 0 aliphatic carbocycles. The molecule has 0 bridgehead atoms. The van der Waals surface area contributed by atoms with Gasteiger partial charge in [0, 0.05) is 13.1 Å². The summed E-state index contributed by atoms with van der Waals surface area (Å²) in [6, 6.07) is 5.10. The number of nitrogen functional groups attached to an aromatic ring is 1. The third-order valence-corrected chi connectivity index (χ3v) is 2.92. The van der Waals surface area contributed by atoms with Gasteiger partial charge in [-0.2, -0.15) is 0 Å². The number of carbonyl (C=O) groups is 1. The van der Waals surface area contributed by atoms with E-state index in [9.17, 15) is 4.79 Å². The molecule has 0 heterocycles. The number of nitrogens with zero attached hydrogens (tertiary/aromatic N) is 1. The van der Waals surface area contributed by atoms with Crippen LogP contribution in [0.25, 0.3) is 0 Å². The second-order valence-corrected chi connectivity index (χ2v) is 6.16. The van der Waals surface area contributed by atoms with Crippen molar-refractivity contribution in [3.05, 3.63) is 54.8 Å². The maximum absolute atomic E-state index is 12.2. The van der Waals surface area contributed by atoms with E-state index >= 15 is 0 Å². The molecule has 0 spiro atoms. The molecule has 5 nitrogen and oxygen atoms in total. The Balaban J connectivity index is 3.05. The Morgan fingerprint density at radius 3 is 2.54 bits per heavy atom. The zero-order valence-corrected chi connectivity index (χ0v) is 15.0. The number of amides is 1. The van der Waals surface area contributed by atoms with Gasteiger partial charge >= 0.3 is 6.09 Å². The number of ether oxygens (including phenoxy) is 2. The SMILES string of the molecule is C=C/C(=C\C=C/C)Oc1ccc(N)c(N(C)C(=O)OC(C)(C)C)c1. The van der Waals surface area contributed by atoms with Crippen molar-refractivity contribution in [3.63, 3.8) is 0 Å². The lowest BCUT2D eigenvalue weighted by atomic mass is 10.2. The summed E-state index contributed by atoms with van der Waals surface area (Å²) in [4.78, 5) is 13.6. The van der Waals surface area contributed by atoms with E-state index in [1.807, 2.05) is 39.8 Å². The number of anilines is 2. The Labute approximate surface area is 144 Å². The molecule has 0 aliphatic heterocycles. The predicted octanol–water partition coefficient (Wildman–Crippen LogP) is 4.66. The van der Waals surface area contributed by atoms with Crippen LogP contribution in [0.3, 0.4) is 0 Å². The van der Waals surface area contributed by atoms with E-state index in [4.69, 9.17) is 15.2 Å². The molecule has 0 aliphatic rings. The van der Waals surface area contributed by atoms with Crippen molar-refractivity contribution < 1.29 is 14.3 Å². The van der Waals surface area contributed by atoms with Crippen LogP contribution in [0, 0.1) is 0 Å². The Morgan fingerprint density at radius 1 is 1.33 bits per heavy atom. The van der Waals surface area contributed by atoms with Gasteiger partial charge < -0.3 is 15.2 Å². The topological polar surface area (TPSA) is 64.8 Å². The lowest BCUT2D eigenvalue weighted by molar-refractivity contribution is 0.0589. The van der Waals surface area contributed by atoms with Gasteiger partial charge in [0.2, 0.25) is 0 Å². The number of allylic oxidation sites excluding steroid dienone is 4. The van der Waals surface area contributed by atoms with Crippen LogP contribution in [0.1, 0.15) is 27.7 Å². The average molecular weight is 330 g/mol. The van der Waals surface area contributed by atoms with Crippen LogP contribution in [0.15, 0.2) is 54.8 Å². The summed E-state index contributed by atoms with van der Waals surface area (Å²) in [5.74, 6) is 1.13. The molecule has 2 N–H and O–H groups in total. The van der Waals surface area contributed by atoms with E-state index in [2.05, 4.69) is 6.58 Å². The van der Waals surface area contributed by atoms with E-state index in [0.29, 0.717) is 22.9 Å². The molecule has 1 amide bonds. The van der Waals surface area contributed by atoms with E-state index in [0.717, 1.165) is 0 Å². The first kappa shape index (κ1) is 19.4. The summed E-state index contributed by atoms with van der Waals surface area (Å²) in [5.41, 5.74) is 6.36. The molecule has 130 valence electrons. The molecule has 0 saturated heterocycles. The van der Waals surface area contributed by atoms with Crippen molar-refractivity contribution >= 4 is 17.5 Å².